The van der Waals surface area contributed by atoms with Crippen molar-refractivity contribution in [2.75, 3.05) is 18.9 Å². The number of alkyl halides is 2. The number of hydrogen-bond donors (Lipinski definition) is 1. The number of aromatic nitrogens is 5. The molecule has 3 aromatic heterocycles. The first-order valence-electron chi connectivity index (χ1n) is 12.0. The zero-order valence-corrected chi connectivity index (χ0v) is 19.8. The maximum atomic E-state index is 15.3. The van der Waals surface area contributed by atoms with Gasteiger partial charge in [-0.2, -0.15) is 13.9 Å². The number of carbonyl (C=O) groups excluding carboxylic acids is 1. The number of benzene rings is 2. The van der Waals surface area contributed by atoms with E-state index in [1.807, 2.05) is 18.2 Å². The van der Waals surface area contributed by atoms with Gasteiger partial charge in [-0.25, -0.2) is 19.0 Å². The van der Waals surface area contributed by atoms with Crippen LogP contribution in [-0.4, -0.2) is 54.2 Å². The lowest BCUT2D eigenvalue weighted by Crippen LogP contribution is -2.46. The lowest BCUT2D eigenvalue weighted by molar-refractivity contribution is -0.0517. The minimum Gasteiger partial charge on any atom is -0.382 e. The quantitative estimate of drug-likeness (QED) is 0.387. The molecule has 2 aromatic carbocycles. The van der Waals surface area contributed by atoms with Gasteiger partial charge in [0.15, 0.2) is 0 Å². The van der Waals surface area contributed by atoms with E-state index in [-0.39, 0.29) is 17.5 Å². The summed E-state index contributed by atoms with van der Waals surface area (Å²) in [6, 6.07) is 7.89. The van der Waals surface area contributed by atoms with Gasteiger partial charge in [-0.15, -0.1) is 0 Å². The molecule has 0 saturated carbocycles. The summed E-state index contributed by atoms with van der Waals surface area (Å²) in [4.78, 5) is 23.8. The molecule has 2 aliphatic rings. The summed E-state index contributed by atoms with van der Waals surface area (Å²) in [6.45, 7) is -2.11. The van der Waals surface area contributed by atoms with Gasteiger partial charge in [0.25, 0.3) is 5.91 Å². The van der Waals surface area contributed by atoms with E-state index in [9.17, 15) is 13.6 Å². The number of rotatable bonds is 3. The third-order valence-electron chi connectivity index (χ3n) is 7.33. The van der Waals surface area contributed by atoms with Crippen LogP contribution in [-0.2, 0) is 11.2 Å². The second-order valence-corrected chi connectivity index (χ2v) is 9.42. The fourth-order valence-electron chi connectivity index (χ4n) is 5.58. The first-order valence-corrected chi connectivity index (χ1v) is 12.0. The molecule has 4 heterocycles. The molecule has 0 unspecified atom stereocenters. The Morgan fingerprint density at radius 2 is 2.00 bits per heavy atom. The van der Waals surface area contributed by atoms with Gasteiger partial charge >= 0.3 is 6.55 Å². The summed E-state index contributed by atoms with van der Waals surface area (Å²) < 4.78 is 49.5. The number of hydrogen-bond acceptors (Lipinski definition) is 6. The van der Waals surface area contributed by atoms with Crippen molar-refractivity contribution in [2.45, 2.75) is 25.1 Å². The summed E-state index contributed by atoms with van der Waals surface area (Å²) in [6.07, 6.45) is 6.03. The molecule has 1 aliphatic heterocycles. The van der Waals surface area contributed by atoms with Crippen LogP contribution >= 0.6 is 0 Å². The molecule has 9 nitrogen and oxygen atoms in total. The molecule has 0 radical (unpaired) electrons. The highest BCUT2D eigenvalue weighted by atomic mass is 19.3. The molecule has 0 spiro atoms. The summed E-state index contributed by atoms with van der Waals surface area (Å²) in [5.74, 6) is -0.933. The van der Waals surface area contributed by atoms with Gasteiger partial charge in [-0.05, 0) is 22.8 Å². The number of anilines is 1. The second kappa shape index (κ2) is 8.28. The number of amides is 1. The van der Waals surface area contributed by atoms with Crippen molar-refractivity contribution >= 4 is 28.3 Å². The Kier molecular flexibility index (Phi) is 4.95. The van der Waals surface area contributed by atoms with Gasteiger partial charge in [0.05, 0.1) is 54.1 Å². The lowest BCUT2D eigenvalue weighted by atomic mass is 10.00. The van der Waals surface area contributed by atoms with Gasteiger partial charge in [-0.1, -0.05) is 18.2 Å². The van der Waals surface area contributed by atoms with Crippen LogP contribution in [0.2, 0.25) is 0 Å². The molecule has 38 heavy (non-hydrogen) atoms. The maximum Gasteiger partial charge on any atom is 0.333 e. The minimum atomic E-state index is -2.72. The van der Waals surface area contributed by atoms with E-state index < -0.39 is 24.3 Å². The Labute approximate surface area is 213 Å². The highest BCUT2D eigenvalue weighted by Crippen LogP contribution is 2.42. The van der Waals surface area contributed by atoms with E-state index in [0.29, 0.717) is 46.4 Å². The van der Waals surface area contributed by atoms with Gasteiger partial charge in [-0.3, -0.25) is 9.20 Å². The first kappa shape index (κ1) is 22.7. The Balaban J connectivity index is 1.26. The summed E-state index contributed by atoms with van der Waals surface area (Å²) in [5, 5.41) is 3.71. The lowest BCUT2D eigenvalue weighted by Gasteiger charge is -2.38. The molecule has 1 fully saturated rings. The van der Waals surface area contributed by atoms with E-state index in [1.54, 1.807) is 21.8 Å². The number of fused-ring (bicyclic) bond motifs is 6. The van der Waals surface area contributed by atoms with E-state index in [4.69, 9.17) is 10.5 Å². The highest BCUT2D eigenvalue weighted by Gasteiger charge is 2.43. The average Bonchev–Trinajstić information content (AvgIpc) is 3.66. The standard InChI is InChI=1S/C26H20F3N7O2/c27-18-8-19-20(35-12-31-10-21(35)24(30)33-19)7-17(18)25(37)34-3-4-38-22-6-14-5-13(1-2-16(14)23(22)34)15-9-32-36(11-15)26(28)29/h1-2,5,7-12,22-23,26H,3-4,6H2,(H2,30,33)/t22-,23+/m1/s1. The van der Waals surface area contributed by atoms with Crippen LogP contribution in [0.25, 0.3) is 27.7 Å². The van der Waals surface area contributed by atoms with Gasteiger partial charge < -0.3 is 15.4 Å². The number of nitrogens with two attached hydrogens (primary N) is 1. The monoisotopic (exact) mass is 519 g/mol. The van der Waals surface area contributed by atoms with Crippen molar-refractivity contribution in [3.8, 4) is 11.1 Å². The first-order chi connectivity index (χ1) is 18.4. The zero-order valence-electron chi connectivity index (χ0n) is 19.8. The molecule has 1 saturated heterocycles. The molecule has 192 valence electrons. The SMILES string of the molecule is Nc1nc2cc(F)c(C(=O)N3CCO[C@@H]4Cc5cc(-c6cnn(C(F)F)c6)ccc5[C@@H]43)cc2n2cncc12. The van der Waals surface area contributed by atoms with Crippen molar-refractivity contribution in [2.24, 2.45) is 0 Å². The van der Waals surface area contributed by atoms with Crippen LogP contribution in [0.1, 0.15) is 34.1 Å². The van der Waals surface area contributed by atoms with Crippen molar-refractivity contribution in [3.63, 3.8) is 0 Å². The third-order valence-corrected chi connectivity index (χ3v) is 7.33. The van der Waals surface area contributed by atoms with E-state index in [0.717, 1.165) is 16.7 Å². The molecule has 12 heteroatoms. The number of imidazole rings is 1. The molecule has 2 atom stereocenters. The van der Waals surface area contributed by atoms with E-state index in [2.05, 4.69) is 15.1 Å². The molecular formula is C26H20F3N7O2. The van der Waals surface area contributed by atoms with Crippen LogP contribution in [0.15, 0.2) is 55.2 Å². The summed E-state index contributed by atoms with van der Waals surface area (Å²) in [7, 11) is 0. The Hall–Kier alpha value is -4.45. The Morgan fingerprint density at radius 1 is 1.13 bits per heavy atom. The van der Waals surface area contributed by atoms with Crippen LogP contribution < -0.4 is 5.73 Å². The largest absolute Gasteiger partial charge is 0.382 e. The normalized spacial score (nSPS) is 18.9. The Bertz CT molecular complexity index is 1750. The fourth-order valence-corrected chi connectivity index (χ4v) is 5.58. The smallest absolute Gasteiger partial charge is 0.333 e. The third kappa shape index (κ3) is 3.36. The number of nitrogen functional groups attached to an aromatic ring is 1. The van der Waals surface area contributed by atoms with Crippen LogP contribution in [0.4, 0.5) is 19.0 Å². The summed E-state index contributed by atoms with van der Waals surface area (Å²) in [5.41, 5.74) is 10.4. The van der Waals surface area contributed by atoms with E-state index in [1.165, 1.54) is 24.5 Å². The Morgan fingerprint density at radius 3 is 2.82 bits per heavy atom. The molecule has 0 bridgehead atoms. The molecule has 5 aromatic rings. The van der Waals surface area contributed by atoms with Crippen molar-refractivity contribution in [1.29, 1.82) is 0 Å². The van der Waals surface area contributed by atoms with Crippen LogP contribution in [0.5, 0.6) is 0 Å². The molecule has 2 N–H and O–H groups in total. The number of morpholine rings is 1. The highest BCUT2D eigenvalue weighted by molar-refractivity contribution is 5.99. The number of carbonyl (C=O) groups is 1. The van der Waals surface area contributed by atoms with Crippen molar-refractivity contribution < 1.29 is 22.7 Å². The van der Waals surface area contributed by atoms with Gasteiger partial charge in [0.2, 0.25) is 0 Å². The van der Waals surface area contributed by atoms with E-state index >= 15 is 4.39 Å². The van der Waals surface area contributed by atoms with Crippen molar-refractivity contribution in [3.05, 3.63) is 77.8 Å². The number of ether oxygens (including phenoxy) is 1. The van der Waals surface area contributed by atoms with Crippen molar-refractivity contribution in [1.82, 2.24) is 29.0 Å². The fraction of sp³-hybridized carbons (Fsp3) is 0.231. The topological polar surface area (TPSA) is 104 Å². The predicted molar refractivity (Wildman–Crippen MR) is 131 cm³/mol. The predicted octanol–water partition coefficient (Wildman–Crippen LogP) is 4.00. The van der Waals surface area contributed by atoms with Crippen LogP contribution in [0, 0.1) is 5.82 Å². The van der Waals surface area contributed by atoms with Crippen LogP contribution in [0.3, 0.4) is 0 Å². The molecule has 1 aliphatic carbocycles. The second-order valence-electron chi connectivity index (χ2n) is 9.42. The molecular weight excluding hydrogens is 499 g/mol. The minimum absolute atomic E-state index is 0.0794. The van der Waals surface area contributed by atoms with Gasteiger partial charge in [0, 0.05) is 30.8 Å². The zero-order chi connectivity index (χ0) is 26.1. The summed E-state index contributed by atoms with van der Waals surface area (Å²) >= 11 is 0. The maximum absolute atomic E-state index is 15.3. The van der Waals surface area contributed by atoms with Gasteiger partial charge in [0.1, 0.15) is 17.2 Å². The number of halogens is 3. The number of nitrogens with zero attached hydrogens (tertiary/aromatic N) is 6. The molecule has 7 rings (SSSR count). The average molecular weight is 519 g/mol. The molecule has 1 amide bonds.